The molecule has 6 rings (SSSR count). The van der Waals surface area contributed by atoms with Crippen LogP contribution in [0.1, 0.15) is 11.1 Å². The lowest BCUT2D eigenvalue weighted by Gasteiger charge is -2.64. The zero-order valence-electron chi connectivity index (χ0n) is 16.1. The van der Waals surface area contributed by atoms with Crippen LogP contribution in [-0.4, -0.2) is 34.9 Å². The van der Waals surface area contributed by atoms with E-state index in [0.29, 0.717) is 0 Å². The SMILES string of the molecule is O=[N+]([O-])c1cc2c(cc1Br)[C@@]1(Cl)[C@@](Cl)([C@]3(Cl)[C@]2(Cl)[C@@]2(Cl)O[C@@]3(Cl)C(Cl)=C2Cl)[C@@]2(Cl)O[C@@]1(Cl)C(Cl)=C2Cl. The quantitative estimate of drug-likeness (QED) is 0.161. The maximum atomic E-state index is 11.9. The minimum absolute atomic E-state index is 0.0431. The molecule has 0 unspecified atom stereocenters. The highest BCUT2D eigenvalue weighted by Crippen LogP contribution is 2.90. The minimum Gasteiger partial charge on any atom is -0.323 e. The number of rotatable bonds is 1. The Morgan fingerprint density at radius 2 is 1.00 bits per heavy atom. The third kappa shape index (κ3) is 2.22. The monoisotopic (exact) mass is 795 g/mol. The molecule has 5 nitrogen and oxygen atoms in total. The summed E-state index contributed by atoms with van der Waals surface area (Å²) in [6.07, 6.45) is 0. The van der Waals surface area contributed by atoms with Crippen LogP contribution < -0.4 is 0 Å². The average molecular weight is 802 g/mol. The summed E-state index contributed by atoms with van der Waals surface area (Å²) in [7, 11) is 0. The van der Waals surface area contributed by atoms with E-state index in [-0.39, 0.29) is 35.7 Å². The van der Waals surface area contributed by atoms with Crippen molar-refractivity contribution in [1.29, 1.82) is 0 Å². The van der Waals surface area contributed by atoms with Gasteiger partial charge in [-0.2, -0.15) is 0 Å². The number of alkyl halides is 8. The number of hydrogen-bond acceptors (Lipinski definition) is 4. The maximum Gasteiger partial charge on any atom is 0.283 e. The van der Waals surface area contributed by atoms with E-state index in [1.54, 1.807) is 0 Å². The third-order valence-electron chi connectivity index (χ3n) is 7.30. The second kappa shape index (κ2) is 7.30. The Balaban J connectivity index is 1.91. The molecule has 4 heterocycles. The van der Waals surface area contributed by atoms with Crippen molar-refractivity contribution in [2.24, 2.45) is 0 Å². The molecule has 2 saturated heterocycles. The molecule has 4 bridgehead atoms. The Bertz CT molecular complexity index is 1440. The van der Waals surface area contributed by atoms with Crippen LogP contribution in [0.15, 0.2) is 36.7 Å². The number of nitro benzene ring substituents is 1. The van der Waals surface area contributed by atoms with Gasteiger partial charge in [0.05, 0.1) is 29.5 Å². The van der Waals surface area contributed by atoms with Gasteiger partial charge >= 0.3 is 0 Å². The van der Waals surface area contributed by atoms with E-state index < -0.39 is 50.3 Å². The smallest absolute Gasteiger partial charge is 0.283 e. The van der Waals surface area contributed by atoms with Gasteiger partial charge in [-0.25, -0.2) is 0 Å². The summed E-state index contributed by atoms with van der Waals surface area (Å²) < 4.78 is 11.8. The van der Waals surface area contributed by atoms with Crippen molar-refractivity contribution < 1.29 is 14.4 Å². The van der Waals surface area contributed by atoms with Gasteiger partial charge in [0.1, 0.15) is 19.5 Å². The van der Waals surface area contributed by atoms with E-state index in [1.165, 1.54) is 6.07 Å². The topological polar surface area (TPSA) is 61.6 Å². The Kier molecular flexibility index (Phi) is 5.70. The zero-order chi connectivity index (χ0) is 27.0. The van der Waals surface area contributed by atoms with E-state index in [0.717, 1.165) is 6.07 Å². The van der Waals surface area contributed by atoms with Crippen LogP contribution >= 0.6 is 155 Å². The molecule has 1 aliphatic carbocycles. The third-order valence-corrected chi connectivity index (χ3v) is 16.4. The molecule has 0 aromatic heterocycles. The van der Waals surface area contributed by atoms with Gasteiger partial charge in [0.15, 0.2) is 0 Å². The lowest BCUT2D eigenvalue weighted by Crippen LogP contribution is -2.80. The molecule has 4 aliphatic heterocycles. The first-order valence-electron chi connectivity index (χ1n) is 9.27. The first kappa shape index (κ1) is 28.1. The predicted octanol–water partition coefficient (Wildman–Crippen LogP) is 9.40. The largest absolute Gasteiger partial charge is 0.323 e. The molecule has 0 amide bonds. The van der Waals surface area contributed by atoms with Crippen LogP contribution in [0, 0.1) is 10.1 Å². The molecule has 8 atom stereocenters. The van der Waals surface area contributed by atoms with Crippen LogP contribution in [0.25, 0.3) is 0 Å². The summed E-state index contributed by atoms with van der Waals surface area (Å²) in [5.74, 6) is 0. The average Bonchev–Trinajstić information content (AvgIpc) is 3.24. The standard InChI is InChI=1S/C18H2BrCl12NO4/c19-5-1-3-4(2-6(5)32(33)34)12(25)14(27)8(21)10(23)16(29,36-14)18(12,31)17(30)11(3,24)13(26)7(20)9(22)15(17,28)35-13/h1-2H/t11-,12+,13-,14-,15-,16-,17-,18-/m0/s1. The molecule has 5 aliphatic rings. The summed E-state index contributed by atoms with van der Waals surface area (Å²) >= 11 is 86.4. The van der Waals surface area contributed by atoms with Gasteiger partial charge in [0, 0.05) is 6.07 Å². The lowest BCUT2D eigenvalue weighted by atomic mass is 9.55. The highest BCUT2D eigenvalue weighted by atomic mass is 79.9. The number of nitrogens with zero attached hydrogens (tertiary/aromatic N) is 1. The van der Waals surface area contributed by atoms with Gasteiger partial charge in [-0.05, 0) is 33.1 Å². The number of benzene rings is 1. The maximum absolute atomic E-state index is 11.9. The Morgan fingerprint density at radius 1 is 0.667 bits per heavy atom. The second-order valence-electron chi connectivity index (χ2n) is 8.58. The molecular formula is C18H2BrCl12NO4. The minimum atomic E-state index is -2.53. The molecule has 0 saturated carbocycles. The number of fused-ring (bicyclic) bond motifs is 14. The molecule has 36 heavy (non-hydrogen) atoms. The summed E-state index contributed by atoms with van der Waals surface area (Å²) in [5, 5.41) is 1.03. The number of nitro groups is 1. The van der Waals surface area contributed by atoms with Crippen LogP contribution in [0.2, 0.25) is 0 Å². The number of hydrogen-bond donors (Lipinski definition) is 0. The van der Waals surface area contributed by atoms with Crippen LogP contribution in [-0.2, 0) is 19.2 Å². The first-order chi connectivity index (χ1) is 16.2. The molecular weight excluding hydrogens is 800 g/mol. The fraction of sp³-hybridized carbons (Fsp3) is 0.444. The summed E-state index contributed by atoms with van der Waals surface area (Å²) in [6, 6.07) is 2.31. The molecule has 1 aromatic rings. The summed E-state index contributed by atoms with van der Waals surface area (Å²) in [4.78, 5) is 1.56. The van der Waals surface area contributed by atoms with E-state index >= 15 is 0 Å². The van der Waals surface area contributed by atoms with Crippen molar-refractivity contribution in [3.63, 3.8) is 0 Å². The van der Waals surface area contributed by atoms with Crippen molar-refractivity contribution in [2.75, 3.05) is 0 Å². The van der Waals surface area contributed by atoms with Gasteiger partial charge in [0.25, 0.3) is 5.69 Å². The van der Waals surface area contributed by atoms with Crippen LogP contribution in [0.5, 0.6) is 0 Å². The van der Waals surface area contributed by atoms with Gasteiger partial charge < -0.3 is 9.47 Å². The van der Waals surface area contributed by atoms with Crippen molar-refractivity contribution in [1.82, 2.24) is 0 Å². The van der Waals surface area contributed by atoms with Crippen molar-refractivity contribution in [2.45, 2.75) is 39.7 Å². The van der Waals surface area contributed by atoms with Gasteiger partial charge in [0.2, 0.25) is 20.2 Å². The normalized spacial score (nSPS) is 52.1. The lowest BCUT2D eigenvalue weighted by molar-refractivity contribution is -0.385. The summed E-state index contributed by atoms with van der Waals surface area (Å²) in [5.41, 5.74) is -0.682. The van der Waals surface area contributed by atoms with E-state index in [9.17, 15) is 10.1 Å². The number of halogens is 13. The molecule has 0 N–H and O–H groups in total. The highest BCUT2D eigenvalue weighted by molar-refractivity contribution is 9.10. The fourth-order valence-corrected chi connectivity index (χ4v) is 12.7. The van der Waals surface area contributed by atoms with Gasteiger partial charge in [-0.15, -0.1) is 46.4 Å². The van der Waals surface area contributed by atoms with Crippen LogP contribution in [0.4, 0.5) is 5.69 Å². The molecule has 2 fully saturated rings. The Labute approximate surface area is 270 Å². The Hall–Kier alpha value is 1.98. The zero-order valence-corrected chi connectivity index (χ0v) is 26.8. The van der Waals surface area contributed by atoms with E-state index in [2.05, 4.69) is 15.9 Å². The Morgan fingerprint density at radius 3 is 1.36 bits per heavy atom. The number of ether oxygens (including phenoxy) is 2. The van der Waals surface area contributed by atoms with E-state index in [4.69, 9.17) is 149 Å². The predicted molar refractivity (Wildman–Crippen MR) is 147 cm³/mol. The van der Waals surface area contributed by atoms with Crippen molar-refractivity contribution in [3.05, 3.63) is 58.0 Å². The summed E-state index contributed by atoms with van der Waals surface area (Å²) in [6.45, 7) is 0. The molecule has 1 aromatic carbocycles. The molecule has 0 radical (unpaired) electrons. The van der Waals surface area contributed by atoms with E-state index in [1.807, 2.05) is 0 Å². The van der Waals surface area contributed by atoms with Gasteiger partial charge in [-0.1, -0.05) is 92.8 Å². The van der Waals surface area contributed by atoms with Gasteiger partial charge in [-0.3, -0.25) is 10.1 Å². The molecule has 18 heteroatoms. The molecule has 0 spiro atoms. The fourth-order valence-electron chi connectivity index (χ4n) is 5.81. The van der Waals surface area contributed by atoms with Crippen molar-refractivity contribution >= 4 is 161 Å². The first-order valence-corrected chi connectivity index (χ1v) is 14.6. The highest BCUT2D eigenvalue weighted by Gasteiger charge is 3.02. The van der Waals surface area contributed by atoms with Crippen molar-refractivity contribution in [3.8, 4) is 0 Å². The van der Waals surface area contributed by atoms with Crippen LogP contribution in [0.3, 0.4) is 0 Å². The second-order valence-corrected chi connectivity index (χ2v) is 15.3. The molecule has 194 valence electrons.